The van der Waals surface area contributed by atoms with Gasteiger partial charge in [-0.05, 0) is 6.26 Å². The Morgan fingerprint density at radius 1 is 1.28 bits per heavy atom. The quantitative estimate of drug-likeness (QED) is 0.142. The van der Waals surface area contributed by atoms with Crippen LogP contribution in [0.25, 0.3) is 11.2 Å². The van der Waals surface area contributed by atoms with Crippen LogP contribution in [0, 0.1) is 0 Å². The van der Waals surface area contributed by atoms with E-state index in [4.69, 9.17) is 14.9 Å². The summed E-state index contributed by atoms with van der Waals surface area (Å²) in [5.74, 6) is -1.67. The number of urea groups is 1. The molecule has 32 heavy (non-hydrogen) atoms. The van der Waals surface area contributed by atoms with Gasteiger partial charge in [-0.3, -0.25) is 9.88 Å². The number of imidazole rings is 1. The number of hydrogen-bond acceptors (Lipinski definition) is 12. The van der Waals surface area contributed by atoms with E-state index in [9.17, 15) is 30.0 Å². The first-order valence-corrected chi connectivity index (χ1v) is 10.4. The molecule has 2 aromatic rings. The fourth-order valence-corrected chi connectivity index (χ4v) is 3.44. The number of aliphatic hydroxyl groups is 5. The van der Waals surface area contributed by atoms with E-state index >= 15 is 0 Å². The van der Waals surface area contributed by atoms with Crippen molar-refractivity contribution in [1.29, 1.82) is 0 Å². The van der Waals surface area contributed by atoms with Gasteiger partial charge in [-0.1, -0.05) is 11.8 Å². The molecule has 0 spiro atoms. The van der Waals surface area contributed by atoms with Crippen molar-refractivity contribution in [2.45, 2.75) is 41.8 Å². The maximum absolute atomic E-state index is 12.3. The van der Waals surface area contributed by atoms with E-state index in [0.29, 0.717) is 0 Å². The number of carbonyl (C=O) groups excluding carboxylic acids is 1. The van der Waals surface area contributed by atoms with Gasteiger partial charge in [0.2, 0.25) is 0 Å². The maximum atomic E-state index is 12.3. The monoisotopic (exact) mass is 474 g/mol. The zero-order valence-electron chi connectivity index (χ0n) is 16.6. The van der Waals surface area contributed by atoms with Crippen LogP contribution in [-0.2, 0) is 9.53 Å². The summed E-state index contributed by atoms with van der Waals surface area (Å²) in [5, 5.41) is 61.8. The number of aliphatic carboxylic acids is 1. The van der Waals surface area contributed by atoms with Crippen molar-refractivity contribution < 1.29 is 45.0 Å². The molecule has 8 N–H and O–H groups in total. The van der Waals surface area contributed by atoms with E-state index in [1.165, 1.54) is 10.9 Å². The number of anilines is 1. The Hall–Kier alpha value is -2.60. The van der Waals surface area contributed by atoms with Crippen molar-refractivity contribution in [3.05, 3.63) is 6.33 Å². The standard InChI is InChI=1S/C16H22N6O9S/c1-32-16-20-11(19-15(30)18-7(14(28)29)5(25)2-23)8-12(21-16)22(4-17-8)13-10(27)9(26)6(3-24)31-13/h4-7,9-10,13,23-27H,2-3H2,1H3,(H,28,29)(H2,18,19,20,21,30)/t5?,6-,7?,9?,10+,13-/m1/s1. The van der Waals surface area contributed by atoms with Crippen molar-refractivity contribution in [3.63, 3.8) is 0 Å². The lowest BCUT2D eigenvalue weighted by atomic mass is 10.1. The van der Waals surface area contributed by atoms with Gasteiger partial charge >= 0.3 is 12.0 Å². The number of aliphatic hydroxyl groups excluding tert-OH is 5. The van der Waals surface area contributed by atoms with Crippen LogP contribution in [-0.4, -0.2) is 112 Å². The summed E-state index contributed by atoms with van der Waals surface area (Å²) in [6.45, 7) is -1.41. The molecule has 15 nitrogen and oxygen atoms in total. The highest BCUT2D eigenvalue weighted by atomic mass is 32.2. The molecule has 16 heteroatoms. The molecular formula is C16H22N6O9S. The van der Waals surface area contributed by atoms with E-state index in [-0.39, 0.29) is 22.1 Å². The number of hydrogen-bond donors (Lipinski definition) is 8. The summed E-state index contributed by atoms with van der Waals surface area (Å²) < 4.78 is 6.79. The lowest BCUT2D eigenvalue weighted by Gasteiger charge is -2.19. The molecule has 0 saturated carbocycles. The molecule has 0 radical (unpaired) electrons. The minimum atomic E-state index is -1.78. The third-order valence-electron chi connectivity index (χ3n) is 4.73. The van der Waals surface area contributed by atoms with E-state index in [2.05, 4.69) is 20.3 Å². The second-order valence-corrected chi connectivity index (χ2v) is 7.55. The molecule has 1 saturated heterocycles. The van der Waals surface area contributed by atoms with Crippen molar-refractivity contribution >= 4 is 40.7 Å². The Kier molecular flexibility index (Phi) is 7.44. The molecule has 0 aliphatic carbocycles. The number of aromatic nitrogens is 4. The number of nitrogens with one attached hydrogen (secondary N) is 2. The second kappa shape index (κ2) is 9.90. The number of nitrogens with zero attached hydrogens (tertiary/aromatic N) is 4. The van der Waals surface area contributed by atoms with Crippen LogP contribution in [0.15, 0.2) is 11.5 Å². The summed E-state index contributed by atoms with van der Waals surface area (Å²) >= 11 is 1.12. The minimum Gasteiger partial charge on any atom is -0.480 e. The number of rotatable bonds is 8. The Bertz CT molecular complexity index is 990. The molecule has 0 aromatic carbocycles. The zero-order chi connectivity index (χ0) is 23.6. The van der Waals surface area contributed by atoms with Gasteiger partial charge in [0.15, 0.2) is 34.4 Å². The van der Waals surface area contributed by atoms with Crippen molar-refractivity contribution in [3.8, 4) is 0 Å². The fourth-order valence-electron chi connectivity index (χ4n) is 3.08. The van der Waals surface area contributed by atoms with Crippen LogP contribution in [0.5, 0.6) is 0 Å². The maximum Gasteiger partial charge on any atom is 0.329 e. The molecule has 3 rings (SSSR count). The van der Waals surface area contributed by atoms with Crippen LogP contribution in [0.1, 0.15) is 6.23 Å². The minimum absolute atomic E-state index is 0.0604. The third-order valence-corrected chi connectivity index (χ3v) is 5.28. The molecule has 0 bridgehead atoms. The predicted molar refractivity (Wildman–Crippen MR) is 107 cm³/mol. The normalized spacial score (nSPS) is 24.9. The van der Waals surface area contributed by atoms with Gasteiger partial charge < -0.3 is 40.7 Å². The van der Waals surface area contributed by atoms with E-state index in [0.717, 1.165) is 11.8 Å². The summed E-state index contributed by atoms with van der Waals surface area (Å²) in [7, 11) is 0. The number of carbonyl (C=O) groups is 2. The first-order chi connectivity index (χ1) is 15.2. The Labute approximate surface area is 184 Å². The van der Waals surface area contributed by atoms with Gasteiger partial charge in [0.05, 0.1) is 19.5 Å². The molecule has 6 atom stereocenters. The van der Waals surface area contributed by atoms with Crippen LogP contribution in [0.2, 0.25) is 0 Å². The number of fused-ring (bicyclic) bond motifs is 1. The number of carboxylic acids is 1. The predicted octanol–water partition coefficient (Wildman–Crippen LogP) is -2.91. The largest absolute Gasteiger partial charge is 0.480 e. The van der Waals surface area contributed by atoms with Gasteiger partial charge in [-0.25, -0.2) is 24.5 Å². The molecule has 2 aromatic heterocycles. The Morgan fingerprint density at radius 2 is 2.00 bits per heavy atom. The van der Waals surface area contributed by atoms with Gasteiger partial charge in [0.25, 0.3) is 0 Å². The average Bonchev–Trinajstić information content (AvgIpc) is 3.32. The molecule has 1 aliphatic rings. The lowest BCUT2D eigenvalue weighted by molar-refractivity contribution is -0.142. The van der Waals surface area contributed by atoms with E-state index in [1.807, 2.05) is 5.32 Å². The van der Waals surface area contributed by atoms with Gasteiger partial charge in [0, 0.05) is 0 Å². The number of thioether (sulfide) groups is 1. The SMILES string of the molecule is CSc1nc(NC(=O)NC(C(=O)O)C(O)CO)c2ncn([C@@H]3O[C@H](CO)C(O)[C@@H]3O)c2n1. The van der Waals surface area contributed by atoms with Crippen molar-refractivity contribution in [2.75, 3.05) is 24.8 Å². The number of ether oxygens (including phenoxy) is 1. The number of amides is 2. The smallest absolute Gasteiger partial charge is 0.329 e. The molecule has 3 unspecified atom stereocenters. The van der Waals surface area contributed by atoms with E-state index < -0.39 is 61.9 Å². The first-order valence-electron chi connectivity index (χ1n) is 9.22. The highest BCUT2D eigenvalue weighted by Crippen LogP contribution is 2.33. The molecule has 3 heterocycles. The average molecular weight is 474 g/mol. The van der Waals surface area contributed by atoms with Crippen LogP contribution >= 0.6 is 11.8 Å². The van der Waals surface area contributed by atoms with E-state index in [1.54, 1.807) is 6.26 Å². The van der Waals surface area contributed by atoms with Gasteiger partial charge in [-0.15, -0.1) is 0 Å². The van der Waals surface area contributed by atoms with Crippen molar-refractivity contribution in [2.24, 2.45) is 0 Å². The zero-order valence-corrected chi connectivity index (χ0v) is 17.4. The molecule has 1 aliphatic heterocycles. The molecule has 1 fully saturated rings. The Balaban J connectivity index is 1.92. The van der Waals surface area contributed by atoms with Crippen LogP contribution in [0.3, 0.4) is 0 Å². The third kappa shape index (κ3) is 4.60. The highest BCUT2D eigenvalue weighted by molar-refractivity contribution is 7.98. The topological polar surface area (TPSA) is 232 Å². The lowest BCUT2D eigenvalue weighted by Crippen LogP contribution is -2.51. The fraction of sp³-hybridized carbons (Fsp3) is 0.562. The molecular weight excluding hydrogens is 452 g/mol. The summed E-state index contributed by atoms with van der Waals surface area (Å²) in [6, 6.07) is -2.83. The van der Waals surface area contributed by atoms with Crippen molar-refractivity contribution in [1.82, 2.24) is 24.8 Å². The highest BCUT2D eigenvalue weighted by Gasteiger charge is 2.44. The second-order valence-electron chi connectivity index (χ2n) is 6.78. The van der Waals surface area contributed by atoms with Gasteiger partial charge in [0.1, 0.15) is 24.4 Å². The summed E-state index contributed by atoms with van der Waals surface area (Å²) in [5.41, 5.74) is 0.185. The molecule has 2 amide bonds. The van der Waals surface area contributed by atoms with Crippen LogP contribution in [0.4, 0.5) is 10.6 Å². The van der Waals surface area contributed by atoms with Crippen LogP contribution < -0.4 is 10.6 Å². The summed E-state index contributed by atoms with van der Waals surface area (Å²) in [4.78, 5) is 36.1. The molecule has 176 valence electrons. The first kappa shape index (κ1) is 24.1. The Morgan fingerprint density at radius 3 is 2.56 bits per heavy atom. The summed E-state index contributed by atoms with van der Waals surface area (Å²) in [6.07, 6.45) is -3.74. The number of carboxylic acid groups (broad SMARTS) is 1. The van der Waals surface area contributed by atoms with Gasteiger partial charge in [-0.2, -0.15) is 0 Å².